The number of carbonyl (C=O) groups is 1. The smallest absolute Gasteiger partial charge is 0.417 e. The highest BCUT2D eigenvalue weighted by Crippen LogP contribution is 2.32. The van der Waals surface area contributed by atoms with Gasteiger partial charge in [0.1, 0.15) is 5.82 Å². The molecule has 0 unspecified atom stereocenters. The summed E-state index contributed by atoms with van der Waals surface area (Å²) in [6.07, 6.45) is -3.07. The molecular weight excluding hydrogens is 297 g/mol. The maximum Gasteiger partial charge on any atom is 0.417 e. The Labute approximate surface area is 119 Å². The molecule has 0 fully saturated rings. The van der Waals surface area contributed by atoms with E-state index in [0.717, 1.165) is 6.07 Å². The van der Waals surface area contributed by atoms with E-state index in [4.69, 9.17) is 16.3 Å². The van der Waals surface area contributed by atoms with Crippen molar-refractivity contribution < 1.29 is 22.7 Å². The fraction of sp³-hybridized carbons (Fsp3) is 0.500. The molecule has 0 aliphatic rings. The monoisotopic (exact) mass is 310 g/mol. The number of aromatic nitrogens is 1. The molecule has 4 nitrogen and oxygen atoms in total. The highest BCUT2D eigenvalue weighted by atomic mass is 35.5. The number of rotatable bonds is 6. The molecule has 1 aromatic rings. The average molecular weight is 311 g/mol. The van der Waals surface area contributed by atoms with Crippen LogP contribution < -0.4 is 5.32 Å². The maximum absolute atomic E-state index is 12.4. The summed E-state index contributed by atoms with van der Waals surface area (Å²) >= 11 is 5.71. The van der Waals surface area contributed by atoms with Crippen LogP contribution in [0.2, 0.25) is 5.02 Å². The fourth-order valence-corrected chi connectivity index (χ4v) is 1.63. The van der Waals surface area contributed by atoms with Gasteiger partial charge >= 0.3 is 12.1 Å². The molecule has 1 heterocycles. The van der Waals surface area contributed by atoms with Crippen LogP contribution in [0.15, 0.2) is 12.3 Å². The van der Waals surface area contributed by atoms with Crippen LogP contribution in [0.5, 0.6) is 0 Å². The van der Waals surface area contributed by atoms with Crippen LogP contribution in [-0.2, 0) is 15.7 Å². The summed E-state index contributed by atoms with van der Waals surface area (Å²) in [4.78, 5) is 14.7. The van der Waals surface area contributed by atoms with Crippen molar-refractivity contribution in [2.75, 3.05) is 18.5 Å². The number of pyridine rings is 1. The quantitative estimate of drug-likeness (QED) is 0.645. The second-order valence-electron chi connectivity index (χ2n) is 3.89. The van der Waals surface area contributed by atoms with Gasteiger partial charge in [0.15, 0.2) is 0 Å². The maximum atomic E-state index is 12.4. The molecule has 1 aromatic heterocycles. The summed E-state index contributed by atoms with van der Waals surface area (Å²) < 4.78 is 41.9. The van der Waals surface area contributed by atoms with Gasteiger partial charge in [-0.2, -0.15) is 13.2 Å². The number of halogens is 4. The van der Waals surface area contributed by atoms with Gasteiger partial charge in [-0.05, 0) is 19.4 Å². The zero-order chi connectivity index (χ0) is 15.2. The molecule has 1 rings (SSSR count). The molecule has 112 valence electrons. The third-order valence-electron chi connectivity index (χ3n) is 2.32. The number of anilines is 1. The first-order valence-electron chi connectivity index (χ1n) is 5.96. The number of alkyl halides is 3. The van der Waals surface area contributed by atoms with Gasteiger partial charge in [0.25, 0.3) is 0 Å². The highest BCUT2D eigenvalue weighted by Gasteiger charge is 2.31. The predicted molar refractivity (Wildman–Crippen MR) is 68.6 cm³/mol. The van der Waals surface area contributed by atoms with Crippen LogP contribution in [0.25, 0.3) is 0 Å². The molecule has 0 radical (unpaired) electrons. The van der Waals surface area contributed by atoms with Crippen molar-refractivity contribution in [2.24, 2.45) is 0 Å². The van der Waals surface area contributed by atoms with Crippen molar-refractivity contribution in [3.05, 3.63) is 22.8 Å². The zero-order valence-corrected chi connectivity index (χ0v) is 11.5. The lowest BCUT2D eigenvalue weighted by Crippen LogP contribution is -2.10. The molecule has 0 saturated carbocycles. The summed E-state index contributed by atoms with van der Waals surface area (Å²) in [6, 6.07) is 0.808. The number of hydrogen-bond acceptors (Lipinski definition) is 4. The van der Waals surface area contributed by atoms with Crippen molar-refractivity contribution in [3.8, 4) is 0 Å². The van der Waals surface area contributed by atoms with Gasteiger partial charge in [0.05, 0.1) is 17.2 Å². The molecule has 0 aromatic carbocycles. The molecular formula is C12H14ClF3N2O2. The molecule has 0 aliphatic heterocycles. The number of esters is 1. The first-order chi connectivity index (χ1) is 9.34. The topological polar surface area (TPSA) is 51.2 Å². The minimum Gasteiger partial charge on any atom is -0.466 e. The SMILES string of the molecule is CCOC(=O)CCCNc1ncc(C(F)(F)F)cc1Cl. The van der Waals surface area contributed by atoms with Gasteiger partial charge in [0.2, 0.25) is 0 Å². The van der Waals surface area contributed by atoms with Crippen molar-refractivity contribution in [3.63, 3.8) is 0 Å². The first-order valence-corrected chi connectivity index (χ1v) is 6.34. The fourth-order valence-electron chi connectivity index (χ4n) is 1.40. The van der Waals surface area contributed by atoms with Gasteiger partial charge in [-0.1, -0.05) is 11.6 Å². The molecule has 0 aliphatic carbocycles. The summed E-state index contributed by atoms with van der Waals surface area (Å²) in [5.74, 6) is -0.163. The van der Waals surface area contributed by atoms with Crippen molar-refractivity contribution >= 4 is 23.4 Å². The van der Waals surface area contributed by atoms with E-state index in [1.165, 1.54) is 0 Å². The van der Waals surface area contributed by atoms with E-state index in [9.17, 15) is 18.0 Å². The van der Waals surface area contributed by atoms with Gasteiger partial charge in [-0.15, -0.1) is 0 Å². The van der Waals surface area contributed by atoms with E-state index in [0.29, 0.717) is 25.8 Å². The van der Waals surface area contributed by atoms with E-state index in [1.54, 1.807) is 6.92 Å². The highest BCUT2D eigenvalue weighted by molar-refractivity contribution is 6.32. The molecule has 0 spiro atoms. The number of hydrogen-bond donors (Lipinski definition) is 1. The van der Waals surface area contributed by atoms with Gasteiger partial charge in [-0.25, -0.2) is 4.98 Å². The standard InChI is InChI=1S/C12H14ClF3N2O2/c1-2-20-10(19)4-3-5-17-11-9(13)6-8(7-18-11)12(14,15)16/h6-7H,2-5H2,1H3,(H,17,18). The van der Waals surface area contributed by atoms with Crippen LogP contribution in [0.4, 0.5) is 19.0 Å². The number of nitrogens with zero attached hydrogens (tertiary/aromatic N) is 1. The Morgan fingerprint density at radius 1 is 1.50 bits per heavy atom. The van der Waals surface area contributed by atoms with Gasteiger partial charge in [0, 0.05) is 19.2 Å². The van der Waals surface area contributed by atoms with E-state index < -0.39 is 11.7 Å². The van der Waals surface area contributed by atoms with E-state index in [2.05, 4.69) is 10.3 Å². The largest absolute Gasteiger partial charge is 0.466 e. The average Bonchev–Trinajstić information content (AvgIpc) is 2.35. The minimum atomic E-state index is -4.47. The third kappa shape index (κ3) is 5.24. The first kappa shape index (κ1) is 16.6. The predicted octanol–water partition coefficient (Wildman–Crippen LogP) is 3.51. The van der Waals surface area contributed by atoms with Gasteiger partial charge < -0.3 is 10.1 Å². The summed E-state index contributed by atoms with van der Waals surface area (Å²) in [5, 5.41) is 2.66. The molecule has 0 atom stereocenters. The van der Waals surface area contributed by atoms with Crippen LogP contribution >= 0.6 is 11.6 Å². The van der Waals surface area contributed by atoms with Crippen LogP contribution in [-0.4, -0.2) is 24.1 Å². The Balaban J connectivity index is 2.47. The van der Waals surface area contributed by atoms with Crippen LogP contribution in [0, 0.1) is 0 Å². The Hall–Kier alpha value is -1.50. The number of nitrogens with one attached hydrogen (secondary N) is 1. The second kappa shape index (κ2) is 7.33. The Bertz CT molecular complexity index is 467. The Kier molecular flexibility index (Phi) is 6.06. The minimum absolute atomic E-state index is 0.115. The molecule has 0 saturated heterocycles. The lowest BCUT2D eigenvalue weighted by Gasteiger charge is -2.10. The van der Waals surface area contributed by atoms with Crippen LogP contribution in [0.3, 0.4) is 0 Å². The van der Waals surface area contributed by atoms with E-state index >= 15 is 0 Å². The second-order valence-corrected chi connectivity index (χ2v) is 4.29. The van der Waals surface area contributed by atoms with Crippen molar-refractivity contribution in [1.82, 2.24) is 4.98 Å². The zero-order valence-electron chi connectivity index (χ0n) is 10.8. The van der Waals surface area contributed by atoms with E-state index in [-0.39, 0.29) is 23.2 Å². The van der Waals surface area contributed by atoms with Crippen LogP contribution in [0.1, 0.15) is 25.3 Å². The van der Waals surface area contributed by atoms with Crippen molar-refractivity contribution in [2.45, 2.75) is 25.9 Å². The lowest BCUT2D eigenvalue weighted by atomic mass is 10.2. The Morgan fingerprint density at radius 2 is 2.20 bits per heavy atom. The van der Waals surface area contributed by atoms with Gasteiger partial charge in [-0.3, -0.25) is 4.79 Å². The van der Waals surface area contributed by atoms with E-state index in [1.807, 2.05) is 0 Å². The molecule has 0 amide bonds. The molecule has 8 heteroatoms. The summed E-state index contributed by atoms with van der Waals surface area (Å²) in [6.45, 7) is 2.39. The molecule has 1 N–H and O–H groups in total. The number of carbonyl (C=O) groups excluding carboxylic acids is 1. The molecule has 20 heavy (non-hydrogen) atoms. The summed E-state index contributed by atoms with van der Waals surface area (Å²) in [7, 11) is 0. The summed E-state index contributed by atoms with van der Waals surface area (Å²) in [5.41, 5.74) is -0.903. The lowest BCUT2D eigenvalue weighted by molar-refractivity contribution is -0.143. The third-order valence-corrected chi connectivity index (χ3v) is 2.61. The Morgan fingerprint density at radius 3 is 2.75 bits per heavy atom. The normalized spacial score (nSPS) is 11.2. The molecule has 0 bridgehead atoms. The van der Waals surface area contributed by atoms with Crippen molar-refractivity contribution in [1.29, 1.82) is 0 Å². The number of ether oxygens (including phenoxy) is 1.